The number of rotatable bonds is 3. The number of benzene rings is 1. The van der Waals surface area contributed by atoms with E-state index in [1.807, 2.05) is 0 Å². The van der Waals surface area contributed by atoms with E-state index < -0.39 is 29.0 Å². The van der Waals surface area contributed by atoms with E-state index in [9.17, 15) is 18.4 Å². The molecule has 1 atom stereocenters. The van der Waals surface area contributed by atoms with Crippen molar-refractivity contribution in [2.45, 2.75) is 32.4 Å². The first-order valence-electron chi connectivity index (χ1n) is 7.98. The predicted octanol–water partition coefficient (Wildman–Crippen LogP) is 2.89. The van der Waals surface area contributed by atoms with Crippen LogP contribution in [0.5, 0.6) is 5.75 Å². The molecule has 2 aromatic rings. The largest absolute Gasteiger partial charge is 0.464 e. The van der Waals surface area contributed by atoms with Crippen molar-refractivity contribution in [2.75, 3.05) is 10.2 Å². The third-order valence-corrected chi connectivity index (χ3v) is 4.05. The van der Waals surface area contributed by atoms with Crippen molar-refractivity contribution in [3.05, 3.63) is 48.2 Å². The highest BCUT2D eigenvalue weighted by Gasteiger charge is 2.52. The van der Waals surface area contributed by atoms with Crippen LogP contribution in [0.4, 0.5) is 20.3 Å². The molecule has 1 N–H and O–H groups in total. The first-order chi connectivity index (χ1) is 12.2. The summed E-state index contributed by atoms with van der Waals surface area (Å²) >= 11 is 0. The lowest BCUT2D eigenvalue weighted by molar-refractivity contribution is -0.145. The summed E-state index contributed by atoms with van der Waals surface area (Å²) in [6, 6.07) is 5.65. The Kier molecular flexibility index (Phi) is 4.35. The summed E-state index contributed by atoms with van der Waals surface area (Å²) in [5, 5.41) is 2.29. The van der Waals surface area contributed by atoms with Crippen molar-refractivity contribution in [2.24, 2.45) is 0 Å². The molecule has 3 rings (SSSR count). The summed E-state index contributed by atoms with van der Waals surface area (Å²) < 4.78 is 32.5. The molecule has 1 aliphatic heterocycles. The molecule has 0 saturated carbocycles. The van der Waals surface area contributed by atoms with Gasteiger partial charge in [0, 0.05) is 18.3 Å². The minimum absolute atomic E-state index is 0.248. The van der Waals surface area contributed by atoms with Gasteiger partial charge in [0.2, 0.25) is 0 Å². The van der Waals surface area contributed by atoms with E-state index in [0.29, 0.717) is 11.9 Å². The zero-order valence-corrected chi connectivity index (χ0v) is 14.4. The number of anilines is 2. The molecule has 2 amide bonds. The van der Waals surface area contributed by atoms with Crippen LogP contribution in [0.1, 0.15) is 20.8 Å². The summed E-state index contributed by atoms with van der Waals surface area (Å²) in [4.78, 5) is 31.2. The lowest BCUT2D eigenvalue weighted by atomic mass is 9.99. The molecule has 0 aliphatic carbocycles. The number of hydrogen-bond acceptors (Lipinski definition) is 4. The second kappa shape index (κ2) is 6.36. The van der Waals surface area contributed by atoms with Crippen LogP contribution in [0.15, 0.2) is 36.5 Å². The normalized spacial score (nSPS) is 19.2. The van der Waals surface area contributed by atoms with Crippen LogP contribution in [0, 0.1) is 11.6 Å². The second-order valence-corrected chi connectivity index (χ2v) is 6.31. The molecule has 1 aromatic carbocycles. The van der Waals surface area contributed by atoms with Crippen molar-refractivity contribution in [1.82, 2.24) is 4.98 Å². The van der Waals surface area contributed by atoms with Crippen molar-refractivity contribution >= 4 is 23.3 Å². The van der Waals surface area contributed by atoms with Crippen molar-refractivity contribution < 1.29 is 23.1 Å². The SMILES string of the molecule is CC(C)N1C(=O)[C@](C)(C(=O)Nc2ccc(F)cc2F)Oc2cccnc21. The molecule has 0 unspecified atom stereocenters. The maximum Gasteiger partial charge on any atom is 0.282 e. The molecular formula is C18H17F2N3O3. The monoisotopic (exact) mass is 361 g/mol. The third kappa shape index (κ3) is 2.87. The van der Waals surface area contributed by atoms with Gasteiger partial charge in [0.25, 0.3) is 17.4 Å². The maximum absolute atomic E-state index is 13.8. The van der Waals surface area contributed by atoms with E-state index in [1.54, 1.807) is 26.0 Å². The quantitative estimate of drug-likeness (QED) is 0.854. The predicted molar refractivity (Wildman–Crippen MR) is 90.9 cm³/mol. The molecule has 1 aliphatic rings. The number of hydrogen-bond donors (Lipinski definition) is 1. The van der Waals surface area contributed by atoms with Gasteiger partial charge in [-0.05, 0) is 45.0 Å². The molecule has 0 radical (unpaired) electrons. The lowest BCUT2D eigenvalue weighted by Gasteiger charge is -2.40. The van der Waals surface area contributed by atoms with E-state index in [4.69, 9.17) is 4.74 Å². The minimum atomic E-state index is -1.93. The Hall–Kier alpha value is -3.03. The highest BCUT2D eigenvalue weighted by Crippen LogP contribution is 2.37. The van der Waals surface area contributed by atoms with E-state index in [-0.39, 0.29) is 17.5 Å². The summed E-state index contributed by atoms with van der Waals surface area (Å²) in [7, 11) is 0. The van der Waals surface area contributed by atoms with Crippen LogP contribution in [0.2, 0.25) is 0 Å². The van der Waals surface area contributed by atoms with Crippen LogP contribution < -0.4 is 15.0 Å². The smallest absolute Gasteiger partial charge is 0.282 e. The third-order valence-electron chi connectivity index (χ3n) is 4.05. The first kappa shape index (κ1) is 17.8. The van der Waals surface area contributed by atoms with Gasteiger partial charge in [-0.15, -0.1) is 0 Å². The average molecular weight is 361 g/mol. The molecule has 2 heterocycles. The Bertz CT molecular complexity index is 888. The first-order valence-corrected chi connectivity index (χ1v) is 7.98. The standard InChI is InChI=1S/C18H17F2N3O3/c1-10(2)23-15-14(5-4-8-21-15)26-18(3,17(23)25)16(24)22-13-7-6-11(19)9-12(13)20/h4-10H,1-3H3,(H,22,24)/t18-/m0/s1. The number of ether oxygens (including phenoxy) is 1. The van der Waals surface area contributed by atoms with Crippen LogP contribution in [-0.4, -0.2) is 28.4 Å². The fourth-order valence-corrected chi connectivity index (χ4v) is 2.69. The molecular weight excluding hydrogens is 344 g/mol. The number of carbonyl (C=O) groups is 2. The highest BCUT2D eigenvalue weighted by molar-refractivity contribution is 6.19. The van der Waals surface area contributed by atoms with Crippen LogP contribution in [-0.2, 0) is 9.59 Å². The summed E-state index contributed by atoms with van der Waals surface area (Å²) in [5.41, 5.74) is -2.18. The van der Waals surface area contributed by atoms with E-state index in [1.165, 1.54) is 18.0 Å². The lowest BCUT2D eigenvalue weighted by Crippen LogP contribution is -2.62. The number of halogens is 2. The highest BCUT2D eigenvalue weighted by atomic mass is 19.1. The average Bonchev–Trinajstić information content (AvgIpc) is 2.58. The molecule has 6 nitrogen and oxygen atoms in total. The van der Waals surface area contributed by atoms with E-state index >= 15 is 0 Å². The maximum atomic E-state index is 13.8. The Morgan fingerprint density at radius 1 is 1.31 bits per heavy atom. The van der Waals surface area contributed by atoms with Crippen molar-refractivity contribution in [3.8, 4) is 5.75 Å². The molecule has 0 saturated heterocycles. The minimum Gasteiger partial charge on any atom is -0.464 e. The van der Waals surface area contributed by atoms with Gasteiger partial charge < -0.3 is 10.1 Å². The van der Waals surface area contributed by atoms with Crippen LogP contribution >= 0.6 is 0 Å². The number of carbonyl (C=O) groups excluding carboxylic acids is 2. The summed E-state index contributed by atoms with van der Waals surface area (Å²) in [6.45, 7) is 4.86. The van der Waals surface area contributed by atoms with Gasteiger partial charge in [-0.1, -0.05) is 0 Å². The Balaban J connectivity index is 1.98. The van der Waals surface area contributed by atoms with Gasteiger partial charge in [-0.25, -0.2) is 13.8 Å². The number of nitrogens with one attached hydrogen (secondary N) is 1. The van der Waals surface area contributed by atoms with Gasteiger partial charge >= 0.3 is 0 Å². The number of nitrogens with zero attached hydrogens (tertiary/aromatic N) is 2. The fraction of sp³-hybridized carbons (Fsp3) is 0.278. The van der Waals surface area contributed by atoms with Crippen LogP contribution in [0.25, 0.3) is 0 Å². The number of amides is 2. The zero-order valence-electron chi connectivity index (χ0n) is 14.4. The topological polar surface area (TPSA) is 71.5 Å². The Morgan fingerprint density at radius 2 is 2.04 bits per heavy atom. The molecule has 0 bridgehead atoms. The zero-order chi connectivity index (χ0) is 19.1. The van der Waals surface area contributed by atoms with Crippen molar-refractivity contribution in [3.63, 3.8) is 0 Å². The number of fused-ring (bicyclic) bond motifs is 1. The second-order valence-electron chi connectivity index (χ2n) is 6.31. The van der Waals surface area contributed by atoms with E-state index in [0.717, 1.165) is 12.1 Å². The summed E-state index contributed by atoms with van der Waals surface area (Å²) in [5.74, 6) is -2.65. The number of aromatic nitrogens is 1. The summed E-state index contributed by atoms with van der Waals surface area (Å²) in [6.07, 6.45) is 1.52. The fourth-order valence-electron chi connectivity index (χ4n) is 2.69. The van der Waals surface area contributed by atoms with Gasteiger partial charge in [-0.2, -0.15) is 0 Å². The van der Waals surface area contributed by atoms with E-state index in [2.05, 4.69) is 10.3 Å². The molecule has 1 aromatic heterocycles. The Morgan fingerprint density at radius 3 is 2.69 bits per heavy atom. The van der Waals surface area contributed by atoms with Gasteiger partial charge in [0.05, 0.1) is 5.69 Å². The molecule has 8 heteroatoms. The molecule has 0 fully saturated rings. The molecule has 0 spiro atoms. The number of pyridine rings is 1. The Labute approximate surface area is 148 Å². The van der Waals surface area contributed by atoms with Gasteiger partial charge in [0.15, 0.2) is 11.6 Å². The molecule has 26 heavy (non-hydrogen) atoms. The van der Waals surface area contributed by atoms with Gasteiger partial charge in [-0.3, -0.25) is 14.5 Å². The van der Waals surface area contributed by atoms with Gasteiger partial charge in [0.1, 0.15) is 11.6 Å². The van der Waals surface area contributed by atoms with Crippen LogP contribution in [0.3, 0.4) is 0 Å². The molecule has 136 valence electrons. The van der Waals surface area contributed by atoms with Crippen molar-refractivity contribution in [1.29, 1.82) is 0 Å².